The van der Waals surface area contributed by atoms with E-state index in [-0.39, 0.29) is 17.9 Å². The number of hydrogen-bond donors (Lipinski definition) is 2. The van der Waals surface area contributed by atoms with E-state index in [1.807, 2.05) is 13.8 Å². The molecule has 2 atom stereocenters. The highest BCUT2D eigenvalue weighted by Gasteiger charge is 2.17. The summed E-state index contributed by atoms with van der Waals surface area (Å²) < 4.78 is 5.73. The number of nitrogens with one attached hydrogen (secondary N) is 1. The molecule has 0 saturated heterocycles. The van der Waals surface area contributed by atoms with Gasteiger partial charge < -0.3 is 15.8 Å². The van der Waals surface area contributed by atoms with Crippen LogP contribution in [0.4, 0.5) is 0 Å². The fourth-order valence-corrected chi connectivity index (χ4v) is 2.03. The second kappa shape index (κ2) is 7.67. The molecule has 2 unspecified atom stereocenters. The van der Waals surface area contributed by atoms with Gasteiger partial charge >= 0.3 is 0 Å². The van der Waals surface area contributed by atoms with Crippen LogP contribution < -0.4 is 11.1 Å². The summed E-state index contributed by atoms with van der Waals surface area (Å²) >= 11 is 0. The van der Waals surface area contributed by atoms with Crippen LogP contribution in [0.5, 0.6) is 0 Å². The largest absolute Gasteiger partial charge is 0.376 e. The van der Waals surface area contributed by atoms with Crippen molar-refractivity contribution in [3.63, 3.8) is 0 Å². The van der Waals surface area contributed by atoms with Crippen molar-refractivity contribution >= 4 is 5.91 Å². The Bertz CT molecular complexity index is 225. The summed E-state index contributed by atoms with van der Waals surface area (Å²) in [6.07, 6.45) is 6.64. The highest BCUT2D eigenvalue weighted by Crippen LogP contribution is 2.19. The van der Waals surface area contributed by atoms with Crippen molar-refractivity contribution < 1.29 is 9.53 Å². The molecule has 1 rings (SSSR count). The Labute approximate surface area is 104 Å². The van der Waals surface area contributed by atoms with Crippen molar-refractivity contribution in [2.75, 3.05) is 13.2 Å². The lowest BCUT2D eigenvalue weighted by atomic mass is 9.98. The van der Waals surface area contributed by atoms with Crippen molar-refractivity contribution in [1.29, 1.82) is 0 Å². The van der Waals surface area contributed by atoms with Crippen LogP contribution in [-0.2, 0) is 9.53 Å². The van der Waals surface area contributed by atoms with Gasteiger partial charge in [-0.2, -0.15) is 0 Å². The van der Waals surface area contributed by atoms with Crippen LogP contribution in [0.25, 0.3) is 0 Å². The molecule has 0 aromatic heterocycles. The molecule has 1 saturated carbocycles. The van der Waals surface area contributed by atoms with E-state index in [0.717, 1.165) is 0 Å². The number of carbonyl (C=O) groups is 1. The van der Waals surface area contributed by atoms with E-state index in [4.69, 9.17) is 10.5 Å². The molecule has 0 bridgehead atoms. The molecule has 1 fully saturated rings. The molecule has 1 amide bonds. The molecule has 17 heavy (non-hydrogen) atoms. The van der Waals surface area contributed by atoms with Gasteiger partial charge in [0.05, 0.1) is 12.7 Å². The zero-order valence-electron chi connectivity index (χ0n) is 11.1. The van der Waals surface area contributed by atoms with E-state index >= 15 is 0 Å². The number of ether oxygens (including phenoxy) is 1. The Morgan fingerprint density at radius 2 is 2.00 bits per heavy atom. The van der Waals surface area contributed by atoms with E-state index in [1.54, 1.807) is 0 Å². The van der Waals surface area contributed by atoms with Gasteiger partial charge in [-0.1, -0.05) is 26.2 Å². The minimum absolute atomic E-state index is 0.0206. The van der Waals surface area contributed by atoms with Gasteiger partial charge in [0.2, 0.25) is 5.91 Å². The summed E-state index contributed by atoms with van der Waals surface area (Å²) in [5.41, 5.74) is 5.67. The molecule has 0 radical (unpaired) electrons. The lowest BCUT2D eigenvalue weighted by molar-refractivity contribution is -0.125. The van der Waals surface area contributed by atoms with E-state index in [9.17, 15) is 4.79 Å². The van der Waals surface area contributed by atoms with Gasteiger partial charge in [-0.25, -0.2) is 0 Å². The molecular formula is C13H26N2O2. The molecular weight excluding hydrogens is 216 g/mol. The van der Waals surface area contributed by atoms with Gasteiger partial charge in [0.15, 0.2) is 0 Å². The maximum Gasteiger partial charge on any atom is 0.224 e. The lowest BCUT2D eigenvalue weighted by Gasteiger charge is -2.22. The normalized spacial score (nSPS) is 20.9. The van der Waals surface area contributed by atoms with E-state index in [2.05, 4.69) is 5.32 Å². The van der Waals surface area contributed by atoms with E-state index in [0.29, 0.717) is 19.3 Å². The number of nitrogens with two attached hydrogens (primary N) is 1. The highest BCUT2D eigenvalue weighted by molar-refractivity contribution is 5.78. The van der Waals surface area contributed by atoms with Crippen molar-refractivity contribution in [2.45, 2.75) is 58.1 Å². The first-order valence-corrected chi connectivity index (χ1v) is 6.76. The Morgan fingerprint density at radius 1 is 1.35 bits per heavy atom. The lowest BCUT2D eigenvalue weighted by Crippen LogP contribution is -2.40. The molecule has 1 aliphatic rings. The monoisotopic (exact) mass is 242 g/mol. The molecule has 0 aromatic carbocycles. The van der Waals surface area contributed by atoms with Gasteiger partial charge in [0.25, 0.3) is 0 Å². The molecule has 100 valence electrons. The SMILES string of the molecule is CC(N)C(C)C(=O)NCCOC1CCCCC1. The average Bonchev–Trinajstić information content (AvgIpc) is 2.34. The summed E-state index contributed by atoms with van der Waals surface area (Å²) in [5, 5.41) is 2.86. The Kier molecular flexibility index (Phi) is 6.52. The second-order valence-electron chi connectivity index (χ2n) is 5.07. The molecule has 0 aliphatic heterocycles. The number of carbonyl (C=O) groups excluding carboxylic acids is 1. The van der Waals surface area contributed by atoms with Crippen LogP contribution in [0.2, 0.25) is 0 Å². The number of rotatable bonds is 6. The third-order valence-corrected chi connectivity index (χ3v) is 3.51. The first kappa shape index (κ1) is 14.5. The summed E-state index contributed by atoms with van der Waals surface area (Å²) in [6, 6.07) is -0.103. The molecule has 4 nitrogen and oxygen atoms in total. The maximum atomic E-state index is 11.6. The predicted molar refractivity (Wildman–Crippen MR) is 68.6 cm³/mol. The van der Waals surface area contributed by atoms with Gasteiger partial charge in [0, 0.05) is 18.5 Å². The smallest absolute Gasteiger partial charge is 0.224 e. The Morgan fingerprint density at radius 3 is 2.59 bits per heavy atom. The third kappa shape index (κ3) is 5.50. The van der Waals surface area contributed by atoms with Crippen LogP contribution >= 0.6 is 0 Å². The fraction of sp³-hybridized carbons (Fsp3) is 0.923. The van der Waals surface area contributed by atoms with Crippen LogP contribution in [0.3, 0.4) is 0 Å². The van der Waals surface area contributed by atoms with Crippen LogP contribution in [0.1, 0.15) is 46.0 Å². The van der Waals surface area contributed by atoms with Gasteiger partial charge in [-0.3, -0.25) is 4.79 Å². The second-order valence-corrected chi connectivity index (χ2v) is 5.07. The average molecular weight is 242 g/mol. The first-order chi connectivity index (χ1) is 8.11. The summed E-state index contributed by atoms with van der Waals surface area (Å²) in [6.45, 7) is 4.90. The highest BCUT2D eigenvalue weighted by atomic mass is 16.5. The van der Waals surface area contributed by atoms with Crippen LogP contribution in [-0.4, -0.2) is 31.2 Å². The van der Waals surface area contributed by atoms with Gasteiger partial charge in [-0.05, 0) is 19.8 Å². The Balaban J connectivity index is 2.05. The molecule has 0 aromatic rings. The standard InChI is InChI=1S/C13H26N2O2/c1-10(11(2)14)13(16)15-8-9-17-12-6-4-3-5-7-12/h10-12H,3-9,14H2,1-2H3,(H,15,16). The zero-order chi connectivity index (χ0) is 12.7. The van der Waals surface area contributed by atoms with Gasteiger partial charge in [-0.15, -0.1) is 0 Å². The topological polar surface area (TPSA) is 64.4 Å². The Hall–Kier alpha value is -0.610. The fourth-order valence-electron chi connectivity index (χ4n) is 2.03. The summed E-state index contributed by atoms with van der Waals surface area (Å²) in [4.78, 5) is 11.6. The molecule has 1 aliphatic carbocycles. The van der Waals surface area contributed by atoms with Crippen molar-refractivity contribution in [3.8, 4) is 0 Å². The first-order valence-electron chi connectivity index (χ1n) is 6.76. The van der Waals surface area contributed by atoms with Crippen molar-refractivity contribution in [2.24, 2.45) is 11.7 Å². The molecule has 3 N–H and O–H groups in total. The molecule has 4 heteroatoms. The minimum Gasteiger partial charge on any atom is -0.376 e. The molecule has 0 heterocycles. The van der Waals surface area contributed by atoms with Gasteiger partial charge in [0.1, 0.15) is 0 Å². The third-order valence-electron chi connectivity index (χ3n) is 3.51. The van der Waals surface area contributed by atoms with E-state index in [1.165, 1.54) is 32.1 Å². The molecule has 0 spiro atoms. The maximum absolute atomic E-state index is 11.6. The number of hydrogen-bond acceptors (Lipinski definition) is 3. The summed E-state index contributed by atoms with van der Waals surface area (Å²) in [5.74, 6) is -0.114. The quantitative estimate of drug-likeness (QED) is 0.693. The predicted octanol–water partition coefficient (Wildman–Crippen LogP) is 1.44. The van der Waals surface area contributed by atoms with Crippen molar-refractivity contribution in [3.05, 3.63) is 0 Å². The van der Waals surface area contributed by atoms with E-state index < -0.39 is 0 Å². The van der Waals surface area contributed by atoms with Crippen LogP contribution in [0.15, 0.2) is 0 Å². The minimum atomic E-state index is -0.135. The van der Waals surface area contributed by atoms with Crippen LogP contribution in [0, 0.1) is 5.92 Å². The number of amides is 1. The zero-order valence-corrected chi connectivity index (χ0v) is 11.1. The van der Waals surface area contributed by atoms with Crippen molar-refractivity contribution in [1.82, 2.24) is 5.32 Å². The summed E-state index contributed by atoms with van der Waals surface area (Å²) in [7, 11) is 0.